The first kappa shape index (κ1) is 18.1. The second-order valence-electron chi connectivity index (χ2n) is 6.29. The van der Waals surface area contributed by atoms with Crippen molar-refractivity contribution in [3.63, 3.8) is 0 Å². The summed E-state index contributed by atoms with van der Waals surface area (Å²) in [6.45, 7) is 4.86. The van der Waals surface area contributed by atoms with Gasteiger partial charge in [0.15, 0.2) is 11.6 Å². The molecule has 0 radical (unpaired) electrons. The van der Waals surface area contributed by atoms with Gasteiger partial charge in [0.1, 0.15) is 11.6 Å². The number of hydrogen-bond acceptors (Lipinski definition) is 2. The highest BCUT2D eigenvalue weighted by Gasteiger charge is 2.08. The molecule has 0 spiro atoms. The molecule has 0 bridgehead atoms. The number of unbranched alkanes of at least 4 members (excludes halogenated alkanes) is 2. The number of aromatic nitrogens is 2. The second kappa shape index (κ2) is 8.13. The van der Waals surface area contributed by atoms with Gasteiger partial charge in [-0.2, -0.15) is 0 Å². The molecular weight excluding hydrogens is 334 g/mol. The van der Waals surface area contributed by atoms with E-state index in [1.165, 1.54) is 0 Å². The number of para-hydroxylation sites is 1. The molecule has 0 amide bonds. The fraction of sp³-hybridized carbons (Fsp3) is 0.286. The molecule has 2 aromatic carbocycles. The van der Waals surface area contributed by atoms with Gasteiger partial charge in [0, 0.05) is 17.7 Å². The molecule has 3 aromatic rings. The van der Waals surface area contributed by atoms with Crippen molar-refractivity contribution < 1.29 is 13.5 Å². The summed E-state index contributed by atoms with van der Waals surface area (Å²) in [5, 5.41) is 0. The maximum Gasteiger partial charge on any atom is 0.161 e. The Hall–Kier alpha value is -2.69. The molecule has 1 aromatic heterocycles. The maximum atomic E-state index is 13.3. The summed E-state index contributed by atoms with van der Waals surface area (Å²) >= 11 is 0. The fourth-order valence-electron chi connectivity index (χ4n) is 2.80. The van der Waals surface area contributed by atoms with Crippen molar-refractivity contribution in [1.29, 1.82) is 0 Å². The van der Waals surface area contributed by atoms with Crippen LogP contribution < -0.4 is 4.74 Å². The van der Waals surface area contributed by atoms with Crippen molar-refractivity contribution in [2.24, 2.45) is 0 Å². The monoisotopic (exact) mass is 356 g/mol. The Morgan fingerprint density at radius 1 is 1.12 bits per heavy atom. The number of aryl methyl sites for hydroxylation is 1. The minimum absolute atomic E-state index is 0.392. The average Bonchev–Trinajstić information content (AvgIpc) is 3.00. The normalized spacial score (nSPS) is 11.5. The minimum atomic E-state index is -0.902. The van der Waals surface area contributed by atoms with E-state index in [2.05, 4.69) is 16.9 Å². The van der Waals surface area contributed by atoms with E-state index in [9.17, 15) is 8.78 Å². The van der Waals surface area contributed by atoms with Gasteiger partial charge in [0.2, 0.25) is 0 Å². The lowest BCUT2D eigenvalue weighted by atomic mass is 10.1. The van der Waals surface area contributed by atoms with Crippen LogP contribution in [0, 0.1) is 18.6 Å². The highest BCUT2D eigenvalue weighted by molar-refractivity contribution is 5.79. The number of fused-ring (bicyclic) bond motifs is 1. The first-order valence-corrected chi connectivity index (χ1v) is 8.83. The van der Waals surface area contributed by atoms with Crippen molar-refractivity contribution in [2.75, 3.05) is 6.61 Å². The summed E-state index contributed by atoms with van der Waals surface area (Å²) in [4.78, 5) is 7.26. The van der Waals surface area contributed by atoms with Gasteiger partial charge in [-0.25, -0.2) is 13.8 Å². The van der Waals surface area contributed by atoms with Crippen molar-refractivity contribution >= 4 is 23.2 Å². The van der Waals surface area contributed by atoms with Gasteiger partial charge in [0.25, 0.3) is 0 Å². The third-order valence-corrected chi connectivity index (χ3v) is 4.20. The molecule has 0 saturated carbocycles. The quantitative estimate of drug-likeness (QED) is 0.536. The summed E-state index contributed by atoms with van der Waals surface area (Å²) in [6.07, 6.45) is 6.99. The van der Waals surface area contributed by atoms with E-state index in [1.807, 2.05) is 31.2 Å². The number of H-pyrrole nitrogens is 1. The zero-order valence-corrected chi connectivity index (χ0v) is 15.0. The number of benzene rings is 2. The van der Waals surface area contributed by atoms with Crippen molar-refractivity contribution in [2.45, 2.75) is 33.1 Å². The topological polar surface area (TPSA) is 37.9 Å². The van der Waals surface area contributed by atoms with Crippen LogP contribution in [0.2, 0.25) is 0 Å². The molecule has 0 unspecified atom stereocenters. The number of nitrogens with zero attached hydrogens (tertiary/aromatic N) is 1. The van der Waals surface area contributed by atoms with Gasteiger partial charge in [-0.15, -0.1) is 0 Å². The first-order chi connectivity index (χ1) is 12.6. The number of aromatic amines is 1. The van der Waals surface area contributed by atoms with Gasteiger partial charge >= 0.3 is 0 Å². The van der Waals surface area contributed by atoms with Crippen LogP contribution >= 0.6 is 0 Å². The molecule has 0 saturated heterocycles. The third kappa shape index (κ3) is 4.10. The SMILES string of the molecule is CCCCCOc1c(C)cccc1/C=C/c1nc2cc(F)c(F)cc2[nH]1. The van der Waals surface area contributed by atoms with Crippen molar-refractivity contribution in [3.05, 3.63) is 58.9 Å². The van der Waals surface area contributed by atoms with Crippen LogP contribution in [-0.2, 0) is 0 Å². The van der Waals surface area contributed by atoms with Crippen LogP contribution in [0.15, 0.2) is 30.3 Å². The molecule has 26 heavy (non-hydrogen) atoms. The lowest BCUT2D eigenvalue weighted by Gasteiger charge is -2.12. The Balaban J connectivity index is 1.82. The molecule has 3 nitrogen and oxygen atoms in total. The van der Waals surface area contributed by atoms with Crippen LogP contribution in [0.5, 0.6) is 5.75 Å². The number of imidazole rings is 1. The van der Waals surface area contributed by atoms with E-state index in [0.717, 1.165) is 48.3 Å². The lowest BCUT2D eigenvalue weighted by molar-refractivity contribution is 0.304. The summed E-state index contributed by atoms with van der Waals surface area (Å²) in [5.41, 5.74) is 2.87. The van der Waals surface area contributed by atoms with Crippen LogP contribution in [0.3, 0.4) is 0 Å². The Morgan fingerprint density at radius 3 is 2.73 bits per heavy atom. The molecule has 136 valence electrons. The largest absolute Gasteiger partial charge is 0.493 e. The zero-order valence-electron chi connectivity index (χ0n) is 15.0. The molecule has 1 heterocycles. The Labute approximate surface area is 151 Å². The standard InChI is InChI=1S/C21H22F2N2O/c1-3-4-5-11-26-21-14(2)7-6-8-15(21)9-10-20-24-18-12-16(22)17(23)13-19(18)25-20/h6-10,12-13H,3-5,11H2,1-2H3,(H,24,25)/b10-9+. The van der Waals surface area contributed by atoms with E-state index in [-0.39, 0.29) is 0 Å². The van der Waals surface area contributed by atoms with E-state index in [0.29, 0.717) is 23.5 Å². The van der Waals surface area contributed by atoms with Crippen molar-refractivity contribution in [1.82, 2.24) is 9.97 Å². The fourth-order valence-corrected chi connectivity index (χ4v) is 2.80. The second-order valence-corrected chi connectivity index (χ2v) is 6.29. The number of hydrogen-bond donors (Lipinski definition) is 1. The molecule has 0 aliphatic heterocycles. The first-order valence-electron chi connectivity index (χ1n) is 8.83. The third-order valence-electron chi connectivity index (χ3n) is 4.20. The number of nitrogens with one attached hydrogen (secondary N) is 1. The van der Waals surface area contributed by atoms with E-state index < -0.39 is 11.6 Å². The predicted octanol–water partition coefficient (Wildman–Crippen LogP) is 5.89. The highest BCUT2D eigenvalue weighted by Crippen LogP contribution is 2.26. The Bertz CT molecular complexity index is 892. The van der Waals surface area contributed by atoms with Crippen LogP contribution in [-0.4, -0.2) is 16.6 Å². The molecule has 1 N–H and O–H groups in total. The molecular formula is C21H22F2N2O. The lowest BCUT2D eigenvalue weighted by Crippen LogP contribution is -2.00. The van der Waals surface area contributed by atoms with E-state index in [1.54, 1.807) is 6.08 Å². The number of halogens is 2. The van der Waals surface area contributed by atoms with E-state index >= 15 is 0 Å². The van der Waals surface area contributed by atoms with Gasteiger partial charge in [0.05, 0.1) is 17.6 Å². The minimum Gasteiger partial charge on any atom is -0.493 e. The molecule has 3 rings (SSSR count). The number of rotatable bonds is 7. The zero-order chi connectivity index (χ0) is 18.5. The van der Waals surface area contributed by atoms with Gasteiger partial charge in [-0.1, -0.05) is 38.0 Å². The molecule has 0 atom stereocenters. The van der Waals surface area contributed by atoms with Gasteiger partial charge in [-0.05, 0) is 31.1 Å². The average molecular weight is 356 g/mol. The summed E-state index contributed by atoms with van der Waals surface area (Å²) in [7, 11) is 0. The van der Waals surface area contributed by atoms with Gasteiger partial charge in [-0.3, -0.25) is 0 Å². The Morgan fingerprint density at radius 2 is 1.92 bits per heavy atom. The smallest absolute Gasteiger partial charge is 0.161 e. The maximum absolute atomic E-state index is 13.3. The number of ether oxygens (including phenoxy) is 1. The highest BCUT2D eigenvalue weighted by atomic mass is 19.2. The van der Waals surface area contributed by atoms with E-state index in [4.69, 9.17) is 4.74 Å². The van der Waals surface area contributed by atoms with Crippen LogP contribution in [0.25, 0.3) is 23.2 Å². The summed E-state index contributed by atoms with van der Waals surface area (Å²) in [5.74, 6) is -0.407. The van der Waals surface area contributed by atoms with Crippen LogP contribution in [0.4, 0.5) is 8.78 Å². The van der Waals surface area contributed by atoms with Crippen molar-refractivity contribution in [3.8, 4) is 5.75 Å². The predicted molar refractivity (Wildman–Crippen MR) is 101 cm³/mol. The van der Waals surface area contributed by atoms with Crippen LogP contribution in [0.1, 0.15) is 43.1 Å². The molecule has 0 aliphatic rings. The summed E-state index contributed by atoms with van der Waals surface area (Å²) in [6, 6.07) is 8.16. The summed E-state index contributed by atoms with van der Waals surface area (Å²) < 4.78 is 32.6. The van der Waals surface area contributed by atoms with Gasteiger partial charge < -0.3 is 9.72 Å². The molecule has 5 heteroatoms. The Kier molecular flexibility index (Phi) is 5.66. The molecule has 0 fully saturated rings. The molecule has 0 aliphatic carbocycles.